The van der Waals surface area contributed by atoms with Crippen LogP contribution in [0.25, 0.3) is 0 Å². The Morgan fingerprint density at radius 1 is 1.50 bits per heavy atom. The number of carboxylic acids is 1. The van der Waals surface area contributed by atoms with E-state index >= 15 is 0 Å². The molecule has 1 aromatic heterocycles. The fourth-order valence-electron chi connectivity index (χ4n) is 1.69. The Morgan fingerprint density at radius 3 is 2.62 bits per heavy atom. The van der Waals surface area contributed by atoms with E-state index in [1.807, 2.05) is 0 Å². The molecule has 0 aliphatic rings. The topological polar surface area (TPSA) is 68.5 Å². The van der Waals surface area contributed by atoms with Crippen molar-refractivity contribution >= 4 is 11.9 Å². The number of esters is 1. The molecule has 0 amide bonds. The maximum Gasteiger partial charge on any atom is 0.337 e. The number of hydrogen-bond acceptors (Lipinski definition) is 3. The molecule has 0 saturated heterocycles. The van der Waals surface area contributed by atoms with E-state index in [4.69, 9.17) is 9.84 Å². The fraction of sp³-hybridized carbons (Fsp3) is 0.455. The number of carbonyl (C=O) groups excluding carboxylic acids is 1. The molecule has 5 heteroatoms. The zero-order valence-electron chi connectivity index (χ0n) is 9.61. The second kappa shape index (κ2) is 4.83. The average Bonchev–Trinajstić information content (AvgIpc) is 2.41. The van der Waals surface area contributed by atoms with Crippen LogP contribution in [0, 0.1) is 6.92 Å². The zero-order chi connectivity index (χ0) is 12.3. The zero-order valence-corrected chi connectivity index (χ0v) is 9.61. The third-order valence-electron chi connectivity index (χ3n) is 2.33. The van der Waals surface area contributed by atoms with Crippen molar-refractivity contribution in [2.45, 2.75) is 20.3 Å². The molecule has 1 aromatic rings. The summed E-state index contributed by atoms with van der Waals surface area (Å²) in [6.07, 6.45) is 1.68. The van der Waals surface area contributed by atoms with Crippen molar-refractivity contribution in [1.29, 1.82) is 0 Å². The van der Waals surface area contributed by atoms with Gasteiger partial charge in [-0.1, -0.05) is 0 Å². The summed E-state index contributed by atoms with van der Waals surface area (Å²) in [6.45, 7) is 3.72. The highest BCUT2D eigenvalue weighted by Gasteiger charge is 2.20. The smallest absolute Gasteiger partial charge is 0.337 e. The molecule has 5 nitrogen and oxygen atoms in total. The van der Waals surface area contributed by atoms with Crippen LogP contribution in [0.1, 0.15) is 28.5 Å². The highest BCUT2D eigenvalue weighted by Crippen LogP contribution is 2.17. The van der Waals surface area contributed by atoms with Gasteiger partial charge < -0.3 is 14.4 Å². The first-order valence-corrected chi connectivity index (χ1v) is 5.01. The van der Waals surface area contributed by atoms with Gasteiger partial charge in [0.1, 0.15) is 0 Å². The largest absolute Gasteiger partial charge is 0.478 e. The van der Waals surface area contributed by atoms with Crippen LogP contribution in [0.2, 0.25) is 0 Å². The number of rotatable bonds is 4. The van der Waals surface area contributed by atoms with E-state index in [0.29, 0.717) is 17.9 Å². The maximum absolute atomic E-state index is 11.3. The molecule has 0 fully saturated rings. The van der Waals surface area contributed by atoms with Gasteiger partial charge in [0, 0.05) is 18.9 Å². The number of carbonyl (C=O) groups is 2. The van der Waals surface area contributed by atoms with Crippen LogP contribution in [-0.4, -0.2) is 28.2 Å². The molecule has 0 radical (unpaired) electrons. The van der Waals surface area contributed by atoms with Gasteiger partial charge in [-0.25, -0.2) is 4.79 Å². The monoisotopic (exact) mass is 225 g/mol. The van der Waals surface area contributed by atoms with E-state index in [1.54, 1.807) is 31.7 Å². The molecule has 1 N–H and O–H groups in total. The van der Waals surface area contributed by atoms with Crippen molar-refractivity contribution in [1.82, 2.24) is 4.57 Å². The van der Waals surface area contributed by atoms with Crippen molar-refractivity contribution in [2.75, 3.05) is 6.61 Å². The van der Waals surface area contributed by atoms with Crippen LogP contribution in [0.4, 0.5) is 0 Å². The molecule has 1 rings (SSSR count). The van der Waals surface area contributed by atoms with E-state index in [-0.39, 0.29) is 12.0 Å². The third-order valence-corrected chi connectivity index (χ3v) is 2.33. The summed E-state index contributed by atoms with van der Waals surface area (Å²) in [5.74, 6) is -1.43. The Kier molecular flexibility index (Phi) is 3.71. The van der Waals surface area contributed by atoms with Crippen LogP contribution in [0.15, 0.2) is 6.20 Å². The molecule has 0 spiro atoms. The first kappa shape index (κ1) is 12.3. The van der Waals surface area contributed by atoms with Crippen molar-refractivity contribution in [3.63, 3.8) is 0 Å². The number of nitrogens with zero attached hydrogens (tertiary/aromatic N) is 1. The van der Waals surface area contributed by atoms with E-state index in [9.17, 15) is 9.59 Å². The summed E-state index contributed by atoms with van der Waals surface area (Å²) in [5, 5.41) is 9.04. The predicted octanol–water partition coefficient (Wildman–Crippen LogP) is 1.14. The number of carboxylic acid groups (broad SMARTS) is 1. The SMILES string of the molecule is CCOC(=O)Cc1c(C(=O)O)c(C)cn1C. The van der Waals surface area contributed by atoms with E-state index in [0.717, 1.165) is 0 Å². The van der Waals surface area contributed by atoms with Gasteiger partial charge in [0.2, 0.25) is 0 Å². The molecule has 0 atom stereocenters. The molecule has 0 aromatic carbocycles. The van der Waals surface area contributed by atoms with Gasteiger partial charge in [-0.05, 0) is 19.4 Å². The van der Waals surface area contributed by atoms with E-state index in [1.165, 1.54) is 0 Å². The summed E-state index contributed by atoms with van der Waals surface area (Å²) in [5.41, 5.74) is 1.31. The van der Waals surface area contributed by atoms with Crippen LogP contribution in [-0.2, 0) is 23.0 Å². The minimum absolute atomic E-state index is 0.0141. The molecule has 0 aliphatic heterocycles. The van der Waals surface area contributed by atoms with Crippen LogP contribution in [0.3, 0.4) is 0 Å². The number of aromatic carboxylic acids is 1. The minimum Gasteiger partial charge on any atom is -0.478 e. The van der Waals surface area contributed by atoms with Gasteiger partial charge in [-0.2, -0.15) is 0 Å². The summed E-state index contributed by atoms with van der Waals surface area (Å²) in [6, 6.07) is 0. The predicted molar refractivity (Wildman–Crippen MR) is 57.4 cm³/mol. The lowest BCUT2D eigenvalue weighted by Gasteiger charge is -2.05. The lowest BCUT2D eigenvalue weighted by Crippen LogP contribution is -2.13. The molecule has 0 unspecified atom stereocenters. The van der Waals surface area contributed by atoms with Crippen LogP contribution < -0.4 is 0 Å². The normalized spacial score (nSPS) is 10.2. The lowest BCUT2D eigenvalue weighted by molar-refractivity contribution is -0.142. The summed E-state index contributed by atoms with van der Waals surface area (Å²) < 4.78 is 6.45. The highest BCUT2D eigenvalue weighted by atomic mass is 16.5. The van der Waals surface area contributed by atoms with Gasteiger partial charge in [0.25, 0.3) is 0 Å². The highest BCUT2D eigenvalue weighted by molar-refractivity contribution is 5.92. The molecule has 1 heterocycles. The van der Waals surface area contributed by atoms with Crippen LogP contribution in [0.5, 0.6) is 0 Å². The van der Waals surface area contributed by atoms with E-state index < -0.39 is 11.9 Å². The lowest BCUT2D eigenvalue weighted by atomic mass is 10.1. The second-order valence-corrected chi connectivity index (χ2v) is 3.53. The molecule has 0 saturated carbocycles. The van der Waals surface area contributed by atoms with Gasteiger partial charge in [-0.3, -0.25) is 4.79 Å². The Morgan fingerprint density at radius 2 is 2.12 bits per heavy atom. The molecular formula is C11H15NO4. The average molecular weight is 225 g/mol. The summed E-state index contributed by atoms with van der Waals surface area (Å²) in [7, 11) is 1.72. The first-order valence-electron chi connectivity index (χ1n) is 5.01. The summed E-state index contributed by atoms with van der Waals surface area (Å²) >= 11 is 0. The fourth-order valence-corrected chi connectivity index (χ4v) is 1.69. The molecule has 16 heavy (non-hydrogen) atoms. The Bertz CT molecular complexity index is 420. The Hall–Kier alpha value is -1.78. The van der Waals surface area contributed by atoms with Crippen molar-refractivity contribution in [3.8, 4) is 0 Å². The quantitative estimate of drug-likeness (QED) is 0.780. The number of ether oxygens (including phenoxy) is 1. The van der Waals surface area contributed by atoms with Gasteiger partial charge >= 0.3 is 11.9 Å². The molecule has 0 aliphatic carbocycles. The molecular weight excluding hydrogens is 210 g/mol. The third kappa shape index (κ3) is 2.42. The van der Waals surface area contributed by atoms with E-state index in [2.05, 4.69) is 0 Å². The number of aromatic nitrogens is 1. The standard InChI is InChI=1S/C11H15NO4/c1-4-16-9(13)5-8-10(11(14)15)7(2)6-12(8)3/h6H,4-5H2,1-3H3,(H,14,15). The van der Waals surface area contributed by atoms with Crippen molar-refractivity contribution < 1.29 is 19.4 Å². The Labute approximate surface area is 93.6 Å². The van der Waals surface area contributed by atoms with Gasteiger partial charge in [0.05, 0.1) is 18.6 Å². The van der Waals surface area contributed by atoms with Crippen molar-refractivity contribution in [3.05, 3.63) is 23.0 Å². The molecule has 88 valence electrons. The maximum atomic E-state index is 11.3. The van der Waals surface area contributed by atoms with Crippen molar-refractivity contribution in [2.24, 2.45) is 7.05 Å². The summed E-state index contributed by atoms with van der Waals surface area (Å²) in [4.78, 5) is 22.4. The van der Waals surface area contributed by atoms with Gasteiger partial charge in [-0.15, -0.1) is 0 Å². The first-order chi connectivity index (χ1) is 7.47. The molecule has 0 bridgehead atoms. The second-order valence-electron chi connectivity index (χ2n) is 3.53. The Balaban J connectivity index is 3.03. The number of hydrogen-bond donors (Lipinski definition) is 1. The minimum atomic E-state index is -1.02. The number of aryl methyl sites for hydroxylation is 2. The van der Waals surface area contributed by atoms with Crippen LogP contribution >= 0.6 is 0 Å². The van der Waals surface area contributed by atoms with Gasteiger partial charge in [0.15, 0.2) is 0 Å².